The Balaban J connectivity index is 1.83. The summed E-state index contributed by atoms with van der Waals surface area (Å²) in [5.74, 6) is 0.197. The number of ketones is 1. The molecule has 0 aliphatic rings. The van der Waals surface area contributed by atoms with E-state index in [1.165, 1.54) is 6.92 Å². The van der Waals surface area contributed by atoms with Crippen LogP contribution in [0.4, 0.5) is 0 Å². The Morgan fingerprint density at radius 2 is 1.41 bits per heavy atom. The Kier molecular flexibility index (Phi) is 6.13. The molecule has 148 valence electrons. The lowest BCUT2D eigenvalue weighted by Gasteiger charge is -2.33. The van der Waals surface area contributed by atoms with Crippen LogP contribution in [0.3, 0.4) is 0 Å². The van der Waals surface area contributed by atoms with Crippen LogP contribution in [-0.2, 0) is 10.3 Å². The molecule has 1 N–H and O–H groups in total. The van der Waals surface area contributed by atoms with Gasteiger partial charge >= 0.3 is 0 Å². The highest BCUT2D eigenvalue weighted by atomic mass is 16.5. The monoisotopic (exact) mass is 387 g/mol. The third-order valence-corrected chi connectivity index (χ3v) is 5.00. The number of carbonyl (C=O) groups excluding carboxylic acids is 2. The zero-order chi connectivity index (χ0) is 20.9. The molecular formula is C25H25NO3. The van der Waals surface area contributed by atoms with Gasteiger partial charge in [-0.3, -0.25) is 9.59 Å². The molecule has 29 heavy (non-hydrogen) atoms. The standard InChI is InChI=1S/C25H25NO3/c1-18(27)20-11-10-16-23(17-20)29-19(2)24(28)26-25(3,21-12-6-4-7-13-21)22-14-8-5-9-15-22/h4-17,19H,1-3H3,(H,26,28). The molecule has 0 spiro atoms. The first-order valence-corrected chi connectivity index (χ1v) is 9.61. The molecule has 0 saturated heterocycles. The summed E-state index contributed by atoms with van der Waals surface area (Å²) in [6.45, 7) is 5.19. The zero-order valence-corrected chi connectivity index (χ0v) is 16.9. The summed E-state index contributed by atoms with van der Waals surface area (Å²) in [7, 11) is 0. The lowest BCUT2D eigenvalue weighted by molar-refractivity contribution is -0.128. The predicted molar refractivity (Wildman–Crippen MR) is 114 cm³/mol. The first kappa shape index (κ1) is 20.3. The molecule has 3 rings (SSSR count). The molecule has 0 aromatic heterocycles. The fraction of sp³-hybridized carbons (Fsp3) is 0.200. The third-order valence-electron chi connectivity index (χ3n) is 5.00. The van der Waals surface area contributed by atoms with Crippen LogP contribution in [-0.4, -0.2) is 17.8 Å². The number of hydrogen-bond acceptors (Lipinski definition) is 3. The Bertz CT molecular complexity index is 944. The average Bonchev–Trinajstić information content (AvgIpc) is 2.75. The lowest BCUT2D eigenvalue weighted by atomic mass is 9.84. The van der Waals surface area contributed by atoms with Crippen LogP contribution in [0.15, 0.2) is 84.9 Å². The van der Waals surface area contributed by atoms with Gasteiger partial charge in [0.1, 0.15) is 5.75 Å². The van der Waals surface area contributed by atoms with E-state index in [0.717, 1.165) is 11.1 Å². The highest BCUT2D eigenvalue weighted by molar-refractivity contribution is 5.94. The molecule has 3 aromatic carbocycles. The first-order chi connectivity index (χ1) is 13.9. The predicted octanol–water partition coefficient (Wildman–Crippen LogP) is 4.74. The van der Waals surface area contributed by atoms with Crippen molar-refractivity contribution in [3.8, 4) is 5.75 Å². The van der Waals surface area contributed by atoms with Crippen LogP contribution < -0.4 is 10.1 Å². The lowest BCUT2D eigenvalue weighted by Crippen LogP contribution is -2.49. The van der Waals surface area contributed by atoms with Crippen molar-refractivity contribution in [2.24, 2.45) is 0 Å². The van der Waals surface area contributed by atoms with Gasteiger partial charge in [0.25, 0.3) is 5.91 Å². The number of ether oxygens (including phenoxy) is 1. The van der Waals surface area contributed by atoms with E-state index in [1.807, 2.05) is 67.6 Å². The highest BCUT2D eigenvalue weighted by Gasteiger charge is 2.32. The summed E-state index contributed by atoms with van der Waals surface area (Å²) in [6.07, 6.45) is -0.732. The summed E-state index contributed by atoms with van der Waals surface area (Å²) >= 11 is 0. The molecule has 0 aliphatic heterocycles. The van der Waals surface area contributed by atoms with E-state index in [-0.39, 0.29) is 11.7 Å². The maximum absolute atomic E-state index is 13.0. The number of benzene rings is 3. The Morgan fingerprint density at radius 1 is 0.862 bits per heavy atom. The van der Waals surface area contributed by atoms with Crippen molar-refractivity contribution in [3.05, 3.63) is 102 Å². The smallest absolute Gasteiger partial charge is 0.261 e. The molecule has 4 nitrogen and oxygen atoms in total. The van der Waals surface area contributed by atoms with Crippen LogP contribution in [0.25, 0.3) is 0 Å². The van der Waals surface area contributed by atoms with Crippen LogP contribution in [0.1, 0.15) is 42.3 Å². The number of amides is 1. The van der Waals surface area contributed by atoms with Gasteiger partial charge in [0, 0.05) is 5.56 Å². The summed E-state index contributed by atoms with van der Waals surface area (Å²) < 4.78 is 5.82. The van der Waals surface area contributed by atoms with Gasteiger partial charge in [-0.1, -0.05) is 72.8 Å². The van der Waals surface area contributed by atoms with Crippen LogP contribution in [0.5, 0.6) is 5.75 Å². The second-order valence-electron chi connectivity index (χ2n) is 7.19. The summed E-state index contributed by atoms with van der Waals surface area (Å²) in [6, 6.07) is 26.6. The van der Waals surface area contributed by atoms with E-state index >= 15 is 0 Å². The van der Waals surface area contributed by atoms with Crippen molar-refractivity contribution >= 4 is 11.7 Å². The summed E-state index contributed by atoms with van der Waals surface area (Å²) in [4.78, 5) is 24.6. The van der Waals surface area contributed by atoms with Gasteiger partial charge in [-0.05, 0) is 44.0 Å². The van der Waals surface area contributed by atoms with Crippen molar-refractivity contribution in [3.63, 3.8) is 0 Å². The number of hydrogen-bond donors (Lipinski definition) is 1. The highest BCUT2D eigenvalue weighted by Crippen LogP contribution is 2.29. The van der Waals surface area contributed by atoms with Gasteiger partial charge in [-0.2, -0.15) is 0 Å². The van der Waals surface area contributed by atoms with E-state index in [9.17, 15) is 9.59 Å². The number of nitrogens with one attached hydrogen (secondary N) is 1. The summed E-state index contributed by atoms with van der Waals surface area (Å²) in [5.41, 5.74) is 1.79. The topological polar surface area (TPSA) is 55.4 Å². The van der Waals surface area contributed by atoms with E-state index in [2.05, 4.69) is 5.32 Å². The van der Waals surface area contributed by atoms with E-state index in [0.29, 0.717) is 11.3 Å². The maximum Gasteiger partial charge on any atom is 0.261 e. The molecule has 4 heteroatoms. The second kappa shape index (κ2) is 8.74. The molecule has 1 atom stereocenters. The Morgan fingerprint density at radius 3 is 1.93 bits per heavy atom. The normalized spacial score (nSPS) is 12.1. The van der Waals surface area contributed by atoms with Crippen LogP contribution in [0.2, 0.25) is 0 Å². The molecule has 0 radical (unpaired) electrons. The molecule has 0 heterocycles. The zero-order valence-electron chi connectivity index (χ0n) is 16.9. The average molecular weight is 387 g/mol. The third kappa shape index (κ3) is 4.72. The molecular weight excluding hydrogens is 362 g/mol. The van der Waals surface area contributed by atoms with Gasteiger partial charge in [0.2, 0.25) is 0 Å². The fourth-order valence-corrected chi connectivity index (χ4v) is 3.25. The fourth-order valence-electron chi connectivity index (χ4n) is 3.25. The largest absolute Gasteiger partial charge is 0.481 e. The minimum atomic E-state index is -0.732. The Hall–Kier alpha value is -3.40. The van der Waals surface area contributed by atoms with E-state index in [1.54, 1.807) is 31.2 Å². The van der Waals surface area contributed by atoms with Gasteiger partial charge in [0.15, 0.2) is 11.9 Å². The number of Topliss-reactive ketones (excluding diaryl/α,β-unsaturated/α-hetero) is 1. The Labute approximate surface area is 171 Å². The van der Waals surface area contributed by atoms with Crippen molar-refractivity contribution in [2.75, 3.05) is 0 Å². The quantitative estimate of drug-likeness (QED) is 0.596. The molecule has 0 bridgehead atoms. The molecule has 1 amide bonds. The molecule has 0 aliphatic carbocycles. The van der Waals surface area contributed by atoms with E-state index in [4.69, 9.17) is 4.74 Å². The van der Waals surface area contributed by atoms with E-state index < -0.39 is 11.6 Å². The van der Waals surface area contributed by atoms with Crippen molar-refractivity contribution in [1.29, 1.82) is 0 Å². The van der Waals surface area contributed by atoms with Crippen molar-refractivity contribution in [1.82, 2.24) is 5.32 Å². The SMILES string of the molecule is CC(=O)c1cccc(OC(C)C(=O)NC(C)(c2ccccc2)c2ccccc2)c1. The first-order valence-electron chi connectivity index (χ1n) is 9.61. The summed E-state index contributed by atoms with van der Waals surface area (Å²) in [5, 5.41) is 3.15. The second-order valence-corrected chi connectivity index (χ2v) is 7.19. The molecule has 0 fully saturated rings. The van der Waals surface area contributed by atoms with Gasteiger partial charge in [-0.25, -0.2) is 0 Å². The molecule has 3 aromatic rings. The van der Waals surface area contributed by atoms with Gasteiger partial charge < -0.3 is 10.1 Å². The minimum absolute atomic E-state index is 0.0479. The van der Waals surface area contributed by atoms with Gasteiger partial charge in [-0.15, -0.1) is 0 Å². The number of carbonyl (C=O) groups is 2. The molecule has 0 saturated carbocycles. The van der Waals surface area contributed by atoms with Crippen LogP contribution in [0, 0.1) is 0 Å². The van der Waals surface area contributed by atoms with Crippen molar-refractivity contribution < 1.29 is 14.3 Å². The van der Waals surface area contributed by atoms with Gasteiger partial charge in [0.05, 0.1) is 5.54 Å². The van der Waals surface area contributed by atoms with Crippen molar-refractivity contribution in [2.45, 2.75) is 32.4 Å². The molecule has 1 unspecified atom stereocenters. The minimum Gasteiger partial charge on any atom is -0.481 e. The van der Waals surface area contributed by atoms with Crippen LogP contribution >= 0.6 is 0 Å². The maximum atomic E-state index is 13.0. The number of rotatable bonds is 7.